The molecule has 0 radical (unpaired) electrons. The van der Waals surface area contributed by atoms with E-state index in [-0.39, 0.29) is 5.69 Å². The lowest BCUT2D eigenvalue weighted by Gasteiger charge is -2.35. The van der Waals surface area contributed by atoms with Crippen LogP contribution in [-0.4, -0.2) is 53.1 Å². The highest BCUT2D eigenvalue weighted by atomic mass is 16.6. The van der Waals surface area contributed by atoms with Crippen LogP contribution in [0.2, 0.25) is 0 Å². The van der Waals surface area contributed by atoms with Gasteiger partial charge in [-0.05, 0) is 18.1 Å². The number of methoxy groups -OCH3 is 1. The molecule has 8 nitrogen and oxygen atoms in total. The van der Waals surface area contributed by atoms with Crippen LogP contribution in [0.5, 0.6) is 5.88 Å². The van der Waals surface area contributed by atoms with Gasteiger partial charge in [-0.1, -0.05) is 12.5 Å². The fourth-order valence-corrected chi connectivity index (χ4v) is 2.76. The molecule has 1 saturated heterocycles. The van der Waals surface area contributed by atoms with Gasteiger partial charge in [-0.2, -0.15) is 0 Å². The number of ether oxygens (including phenoxy) is 1. The minimum absolute atomic E-state index is 0.0246. The van der Waals surface area contributed by atoms with Gasteiger partial charge in [0.1, 0.15) is 0 Å². The van der Waals surface area contributed by atoms with E-state index >= 15 is 0 Å². The van der Waals surface area contributed by atoms with Crippen LogP contribution in [0.4, 0.5) is 11.5 Å². The van der Waals surface area contributed by atoms with Crippen LogP contribution >= 0.6 is 0 Å². The summed E-state index contributed by atoms with van der Waals surface area (Å²) in [5.41, 5.74) is 1.51. The molecule has 0 N–H and O–H groups in total. The highest BCUT2D eigenvalue weighted by molar-refractivity contribution is 5.57. The van der Waals surface area contributed by atoms with Crippen LogP contribution in [0.25, 0.3) is 0 Å². The lowest BCUT2D eigenvalue weighted by atomic mass is 10.2. The Morgan fingerprint density at radius 1 is 1.26 bits per heavy atom. The molecule has 0 saturated carbocycles. The summed E-state index contributed by atoms with van der Waals surface area (Å²) >= 11 is 0. The zero-order valence-corrected chi connectivity index (χ0v) is 15.0. The van der Waals surface area contributed by atoms with E-state index in [9.17, 15) is 10.1 Å². The first-order valence-corrected chi connectivity index (χ1v) is 8.39. The van der Waals surface area contributed by atoms with Gasteiger partial charge in [0.2, 0.25) is 11.7 Å². The van der Waals surface area contributed by atoms with Gasteiger partial charge in [-0.15, -0.1) is 0 Å². The van der Waals surface area contributed by atoms with Crippen LogP contribution in [-0.2, 0) is 0 Å². The van der Waals surface area contributed by atoms with Crippen molar-refractivity contribution >= 4 is 11.5 Å². The summed E-state index contributed by atoms with van der Waals surface area (Å²) in [4.78, 5) is 23.1. The SMILES string of the molecule is C=C(C#Cc1ccc(OC)nc1)N1CCN(c2ncccc2[N+](=O)[O-])CC1. The predicted molar refractivity (Wildman–Crippen MR) is 101 cm³/mol. The molecule has 2 aromatic heterocycles. The Morgan fingerprint density at radius 2 is 2.04 bits per heavy atom. The van der Waals surface area contributed by atoms with Crippen LogP contribution in [0, 0.1) is 22.0 Å². The van der Waals surface area contributed by atoms with Crippen molar-refractivity contribution in [3.63, 3.8) is 0 Å². The second-order valence-electron chi connectivity index (χ2n) is 5.86. The van der Waals surface area contributed by atoms with Crippen molar-refractivity contribution in [3.8, 4) is 17.7 Å². The van der Waals surface area contributed by atoms with Crippen molar-refractivity contribution in [1.29, 1.82) is 0 Å². The quantitative estimate of drug-likeness (QED) is 0.466. The number of nitro groups is 1. The third-order valence-corrected chi connectivity index (χ3v) is 4.22. The molecule has 138 valence electrons. The van der Waals surface area contributed by atoms with E-state index in [1.54, 1.807) is 31.6 Å². The number of hydrogen-bond acceptors (Lipinski definition) is 7. The van der Waals surface area contributed by atoms with E-state index in [1.807, 2.05) is 11.0 Å². The average Bonchev–Trinajstić information content (AvgIpc) is 2.72. The lowest BCUT2D eigenvalue weighted by molar-refractivity contribution is -0.384. The summed E-state index contributed by atoms with van der Waals surface area (Å²) in [7, 11) is 1.56. The number of pyridine rings is 2. The minimum atomic E-state index is -0.401. The maximum Gasteiger partial charge on any atom is 0.311 e. The molecule has 0 spiro atoms. The van der Waals surface area contributed by atoms with Crippen molar-refractivity contribution < 1.29 is 9.66 Å². The van der Waals surface area contributed by atoms with E-state index in [0.717, 1.165) is 5.56 Å². The Bertz CT molecular complexity index is 894. The number of rotatable bonds is 4. The minimum Gasteiger partial charge on any atom is -0.481 e. The maximum absolute atomic E-state index is 11.2. The third-order valence-electron chi connectivity index (χ3n) is 4.22. The fourth-order valence-electron chi connectivity index (χ4n) is 2.76. The number of nitrogens with zero attached hydrogens (tertiary/aromatic N) is 5. The molecule has 0 aliphatic carbocycles. The number of hydrogen-bond donors (Lipinski definition) is 0. The van der Waals surface area contributed by atoms with E-state index in [1.165, 1.54) is 6.07 Å². The summed E-state index contributed by atoms with van der Waals surface area (Å²) in [5, 5.41) is 11.2. The standard InChI is InChI=1S/C19H19N5O3/c1-15(5-6-16-7-8-18(27-2)21-14-16)22-10-12-23(13-11-22)19-17(24(25)26)4-3-9-20-19/h3-4,7-9,14H,1,10-13H2,2H3. The Morgan fingerprint density at radius 3 is 2.67 bits per heavy atom. The number of allylic oxidation sites excluding steroid dienone is 1. The van der Waals surface area contributed by atoms with Gasteiger partial charge in [0.25, 0.3) is 0 Å². The second kappa shape index (κ2) is 8.19. The molecule has 8 heteroatoms. The second-order valence-corrected chi connectivity index (χ2v) is 5.86. The summed E-state index contributed by atoms with van der Waals surface area (Å²) in [6, 6.07) is 6.64. The highest BCUT2D eigenvalue weighted by Crippen LogP contribution is 2.26. The van der Waals surface area contributed by atoms with Crippen molar-refractivity contribution in [3.05, 3.63) is 64.6 Å². The monoisotopic (exact) mass is 365 g/mol. The molecule has 0 amide bonds. The van der Waals surface area contributed by atoms with Gasteiger partial charge in [-0.25, -0.2) is 9.97 Å². The van der Waals surface area contributed by atoms with Gasteiger partial charge in [-0.3, -0.25) is 10.1 Å². The smallest absolute Gasteiger partial charge is 0.311 e. The Hall–Kier alpha value is -3.60. The van der Waals surface area contributed by atoms with E-state index in [0.29, 0.717) is 43.6 Å². The first-order chi connectivity index (χ1) is 13.1. The Labute approximate surface area is 157 Å². The molecule has 3 rings (SSSR count). The fraction of sp³-hybridized carbons (Fsp3) is 0.263. The van der Waals surface area contributed by atoms with E-state index in [4.69, 9.17) is 4.74 Å². The molecule has 0 unspecified atom stereocenters. The lowest BCUT2D eigenvalue weighted by Crippen LogP contribution is -2.46. The number of aromatic nitrogens is 2. The first-order valence-electron chi connectivity index (χ1n) is 8.39. The summed E-state index contributed by atoms with van der Waals surface area (Å²) < 4.78 is 5.02. The molecule has 1 fully saturated rings. The summed E-state index contributed by atoms with van der Waals surface area (Å²) in [6.07, 6.45) is 3.22. The van der Waals surface area contributed by atoms with Gasteiger partial charge in [0.15, 0.2) is 0 Å². The average molecular weight is 365 g/mol. The van der Waals surface area contributed by atoms with Gasteiger partial charge in [0, 0.05) is 56.3 Å². The van der Waals surface area contributed by atoms with Gasteiger partial charge >= 0.3 is 5.69 Å². The van der Waals surface area contributed by atoms with Crippen molar-refractivity contribution in [2.45, 2.75) is 0 Å². The summed E-state index contributed by atoms with van der Waals surface area (Å²) in [6.45, 7) is 6.60. The molecule has 3 heterocycles. The van der Waals surface area contributed by atoms with Crippen LogP contribution in [0.1, 0.15) is 5.56 Å². The predicted octanol–water partition coefficient (Wildman–Crippen LogP) is 2.08. The molecule has 0 atom stereocenters. The molecular weight excluding hydrogens is 346 g/mol. The molecular formula is C19H19N5O3. The van der Waals surface area contributed by atoms with Crippen molar-refractivity contribution in [2.75, 3.05) is 38.2 Å². The molecule has 2 aromatic rings. The third kappa shape index (κ3) is 4.33. The topological polar surface area (TPSA) is 84.6 Å². The molecule has 1 aliphatic heterocycles. The van der Waals surface area contributed by atoms with Gasteiger partial charge in [0.05, 0.1) is 17.7 Å². The van der Waals surface area contributed by atoms with E-state index < -0.39 is 4.92 Å². The zero-order chi connectivity index (χ0) is 19.2. The Kier molecular flexibility index (Phi) is 5.52. The van der Waals surface area contributed by atoms with Crippen LogP contribution in [0.3, 0.4) is 0 Å². The molecule has 0 bridgehead atoms. The molecule has 1 aliphatic rings. The normalized spacial score (nSPS) is 13.5. The van der Waals surface area contributed by atoms with Crippen LogP contribution in [0.15, 0.2) is 48.9 Å². The van der Waals surface area contributed by atoms with Crippen LogP contribution < -0.4 is 9.64 Å². The van der Waals surface area contributed by atoms with Crippen molar-refractivity contribution in [1.82, 2.24) is 14.9 Å². The van der Waals surface area contributed by atoms with Crippen molar-refractivity contribution in [2.24, 2.45) is 0 Å². The molecule has 27 heavy (non-hydrogen) atoms. The maximum atomic E-state index is 11.2. The summed E-state index contributed by atoms with van der Waals surface area (Å²) in [5.74, 6) is 7.03. The Balaban J connectivity index is 1.61. The van der Waals surface area contributed by atoms with E-state index in [2.05, 4.69) is 33.3 Å². The number of anilines is 1. The first kappa shape index (κ1) is 18.2. The highest BCUT2D eigenvalue weighted by Gasteiger charge is 2.24. The largest absolute Gasteiger partial charge is 0.481 e. The number of piperazine rings is 1. The zero-order valence-electron chi connectivity index (χ0n) is 15.0. The molecule has 0 aromatic carbocycles. The van der Waals surface area contributed by atoms with Gasteiger partial charge < -0.3 is 14.5 Å².